The minimum atomic E-state index is -3.90. The highest BCUT2D eigenvalue weighted by Crippen LogP contribution is 2.41. The fraction of sp³-hybridized carbons (Fsp3) is 0.362. The van der Waals surface area contributed by atoms with Crippen LogP contribution in [0.15, 0.2) is 77.7 Å². The number of ether oxygens (including phenoxy) is 1. The van der Waals surface area contributed by atoms with Crippen molar-refractivity contribution in [1.29, 1.82) is 0 Å². The summed E-state index contributed by atoms with van der Waals surface area (Å²) in [7, 11) is -2.35. The van der Waals surface area contributed by atoms with E-state index in [0.29, 0.717) is 53.8 Å². The van der Waals surface area contributed by atoms with Crippen LogP contribution in [0.2, 0.25) is 0 Å². The largest absolute Gasteiger partial charge is 0.457 e. The number of anilines is 2. The second kappa shape index (κ2) is 19.8. The number of carbonyl (C=O) groups is 5. The standard InChI is InChI=1S/C47H54N10O9S/c1-55-26-34(32-24-38(44(60)50-19-17-48)52-42(32)47(55)63)31-23-37(54-67(2,64)65)33(25-40(31)66-29-9-4-3-5-10-29)43(59)49-18-6-7-20-56-21-15-28(16-22-56)51-36-12-8-11-30-35(36)27-57(46(30)62)39-13-14-41(58)53-45(39)61/h3-5,8-12,23-26,28,39,51-52,54H,6-7,13-22,27,48H2,1-2H3,(H,49,59)(H,50,60)(H,53,58,61). The SMILES string of the molecule is Cn1cc(-c2cc(NS(C)(=O)=O)c(C(=O)NCCCCN3CCC(Nc4cccc5c4CN(C4CCC(=O)NC4=O)C5=O)CC3)cc2Oc2ccccc2)c2cc(C(=O)NCCN)[nH]c2c1=O. The molecule has 8 N–H and O–H groups in total. The molecule has 0 aliphatic carbocycles. The first kappa shape index (κ1) is 46.5. The number of unbranched alkanes of at least 4 members (excludes halogenated alkanes) is 1. The average Bonchev–Trinajstić information content (AvgIpc) is 3.90. The number of pyridine rings is 1. The number of aromatic nitrogens is 2. The van der Waals surface area contributed by atoms with E-state index in [1.54, 1.807) is 48.5 Å². The molecule has 5 heterocycles. The van der Waals surface area contributed by atoms with Gasteiger partial charge in [0.1, 0.15) is 28.8 Å². The summed E-state index contributed by atoms with van der Waals surface area (Å²) >= 11 is 0. The zero-order valence-electron chi connectivity index (χ0n) is 37.3. The number of imide groups is 1. The van der Waals surface area contributed by atoms with E-state index in [1.165, 1.54) is 22.8 Å². The molecule has 3 aromatic carbocycles. The molecule has 5 aromatic rings. The zero-order valence-corrected chi connectivity index (χ0v) is 38.1. The van der Waals surface area contributed by atoms with Crippen LogP contribution in [0.3, 0.4) is 0 Å². The summed E-state index contributed by atoms with van der Waals surface area (Å²) in [6.07, 6.45) is 6.27. The molecule has 0 saturated carbocycles. The van der Waals surface area contributed by atoms with Gasteiger partial charge in [-0.05, 0) is 81.1 Å². The lowest BCUT2D eigenvalue weighted by Crippen LogP contribution is -2.52. The van der Waals surface area contributed by atoms with Crippen molar-refractivity contribution in [1.82, 2.24) is 35.3 Å². The van der Waals surface area contributed by atoms with Crippen LogP contribution < -0.4 is 42.0 Å². The van der Waals surface area contributed by atoms with Crippen molar-refractivity contribution >= 4 is 61.8 Å². The Kier molecular flexibility index (Phi) is 13.8. The Morgan fingerprint density at radius 2 is 1.63 bits per heavy atom. The highest BCUT2D eigenvalue weighted by Gasteiger charge is 2.40. The van der Waals surface area contributed by atoms with E-state index in [1.807, 2.05) is 18.2 Å². The maximum atomic E-state index is 14.0. The summed E-state index contributed by atoms with van der Waals surface area (Å²) in [5.41, 5.74) is 8.53. The quantitative estimate of drug-likeness (QED) is 0.0524. The number of H-pyrrole nitrogens is 1. The Morgan fingerprint density at radius 3 is 2.36 bits per heavy atom. The summed E-state index contributed by atoms with van der Waals surface area (Å²) in [4.78, 5) is 84.7. The van der Waals surface area contributed by atoms with Gasteiger partial charge in [-0.3, -0.25) is 38.8 Å². The number of hydrogen-bond acceptors (Lipinski definition) is 12. The van der Waals surface area contributed by atoms with Crippen LogP contribution >= 0.6 is 0 Å². The van der Waals surface area contributed by atoms with E-state index in [4.69, 9.17) is 10.5 Å². The summed E-state index contributed by atoms with van der Waals surface area (Å²) < 4.78 is 35.7. The molecule has 1 unspecified atom stereocenters. The van der Waals surface area contributed by atoms with Gasteiger partial charge in [0.2, 0.25) is 21.8 Å². The number of hydrogen-bond donors (Lipinski definition) is 7. The van der Waals surface area contributed by atoms with E-state index in [9.17, 15) is 37.2 Å². The van der Waals surface area contributed by atoms with E-state index in [2.05, 4.69) is 35.9 Å². The molecule has 0 radical (unpaired) electrons. The van der Waals surface area contributed by atoms with Crippen molar-refractivity contribution < 1.29 is 37.1 Å². The first-order valence-corrected chi connectivity index (χ1v) is 24.2. The fourth-order valence-electron chi connectivity index (χ4n) is 8.91. The van der Waals surface area contributed by atoms with Gasteiger partial charge in [0, 0.05) is 98.3 Å². The van der Waals surface area contributed by atoms with Gasteiger partial charge in [-0.25, -0.2) is 8.42 Å². The maximum Gasteiger partial charge on any atom is 0.274 e. The Balaban J connectivity index is 0.921. The molecule has 0 bridgehead atoms. The second-order valence-electron chi connectivity index (χ2n) is 17.1. The maximum absolute atomic E-state index is 14.0. The predicted molar refractivity (Wildman–Crippen MR) is 252 cm³/mol. The lowest BCUT2D eigenvalue weighted by atomic mass is 9.99. The second-order valence-corrected chi connectivity index (χ2v) is 18.9. The summed E-state index contributed by atoms with van der Waals surface area (Å²) in [5, 5.41) is 12.0. The summed E-state index contributed by atoms with van der Waals surface area (Å²) in [6, 6.07) is 18.5. The van der Waals surface area contributed by atoms with Crippen LogP contribution in [0.5, 0.6) is 11.5 Å². The number of fused-ring (bicyclic) bond motifs is 2. The number of nitrogens with one attached hydrogen (secondary N) is 6. The number of benzene rings is 3. The predicted octanol–water partition coefficient (Wildman–Crippen LogP) is 3.23. The van der Waals surface area contributed by atoms with E-state index in [-0.39, 0.29) is 65.6 Å². The van der Waals surface area contributed by atoms with E-state index >= 15 is 0 Å². The van der Waals surface area contributed by atoms with Crippen molar-refractivity contribution in [3.8, 4) is 22.6 Å². The number of nitrogens with zero attached hydrogens (tertiary/aromatic N) is 3. The number of nitrogens with two attached hydrogens (primary N) is 1. The molecule has 2 saturated heterocycles. The monoisotopic (exact) mass is 934 g/mol. The first-order chi connectivity index (χ1) is 32.2. The number of para-hydroxylation sites is 1. The molecule has 3 aliphatic rings. The molecule has 67 heavy (non-hydrogen) atoms. The lowest BCUT2D eigenvalue weighted by molar-refractivity contribution is -0.136. The van der Waals surface area contributed by atoms with Crippen molar-refractivity contribution in [3.05, 3.63) is 106 Å². The normalized spacial score (nSPS) is 16.7. The van der Waals surface area contributed by atoms with Gasteiger partial charge >= 0.3 is 0 Å². The Morgan fingerprint density at radius 1 is 0.866 bits per heavy atom. The molecule has 2 fully saturated rings. The van der Waals surface area contributed by atoms with Crippen molar-refractivity contribution in [2.75, 3.05) is 55.6 Å². The molecule has 0 spiro atoms. The van der Waals surface area contributed by atoms with Gasteiger partial charge < -0.3 is 45.8 Å². The number of carbonyl (C=O) groups excluding carboxylic acids is 5. The van der Waals surface area contributed by atoms with Crippen LogP contribution in [0.4, 0.5) is 11.4 Å². The van der Waals surface area contributed by atoms with Gasteiger partial charge in [0.15, 0.2) is 0 Å². The summed E-state index contributed by atoms with van der Waals surface area (Å²) in [5.74, 6) is -1.31. The van der Waals surface area contributed by atoms with Crippen molar-refractivity contribution in [3.63, 3.8) is 0 Å². The number of aromatic amines is 1. The molecule has 20 heteroatoms. The summed E-state index contributed by atoms with van der Waals surface area (Å²) in [6.45, 7) is 3.58. The molecule has 352 valence electrons. The number of sulfonamides is 1. The molecule has 1 atom stereocenters. The van der Waals surface area contributed by atoms with Crippen LogP contribution in [-0.2, 0) is 33.2 Å². The number of amides is 5. The van der Waals surface area contributed by atoms with Crippen molar-refractivity contribution in [2.24, 2.45) is 12.8 Å². The minimum Gasteiger partial charge on any atom is -0.457 e. The van der Waals surface area contributed by atoms with Crippen LogP contribution in [0.25, 0.3) is 22.0 Å². The third-order valence-corrected chi connectivity index (χ3v) is 12.9. The molecule has 5 amide bonds. The fourth-order valence-corrected chi connectivity index (χ4v) is 9.48. The molecule has 8 rings (SSSR count). The minimum absolute atomic E-state index is 0.0101. The molecular weight excluding hydrogens is 881 g/mol. The molecule has 3 aliphatic heterocycles. The lowest BCUT2D eigenvalue weighted by Gasteiger charge is -2.33. The highest BCUT2D eigenvalue weighted by molar-refractivity contribution is 7.92. The zero-order chi connectivity index (χ0) is 47.4. The van der Waals surface area contributed by atoms with E-state index < -0.39 is 39.3 Å². The highest BCUT2D eigenvalue weighted by atomic mass is 32.2. The van der Waals surface area contributed by atoms with Crippen LogP contribution in [0.1, 0.15) is 75.3 Å². The number of piperidine rings is 2. The average molecular weight is 935 g/mol. The van der Waals surface area contributed by atoms with Crippen LogP contribution in [-0.4, -0.2) is 115 Å². The third kappa shape index (κ3) is 10.5. The number of likely N-dealkylation sites (tertiary alicyclic amines) is 1. The Bertz CT molecular complexity index is 2910. The Hall–Kier alpha value is -7.03. The molecule has 19 nitrogen and oxygen atoms in total. The number of rotatable bonds is 17. The molecular formula is C47H54N10O9S. The number of aryl methyl sites for hydroxylation is 1. The van der Waals surface area contributed by atoms with Gasteiger partial charge in [0.05, 0.1) is 17.5 Å². The Labute approximate surface area is 386 Å². The van der Waals surface area contributed by atoms with Gasteiger partial charge in [-0.1, -0.05) is 24.3 Å². The molecule has 2 aromatic heterocycles. The topological polar surface area (TPSA) is 259 Å². The van der Waals surface area contributed by atoms with Gasteiger partial charge in [-0.2, -0.15) is 0 Å². The van der Waals surface area contributed by atoms with E-state index in [0.717, 1.165) is 56.4 Å². The smallest absolute Gasteiger partial charge is 0.274 e. The van der Waals surface area contributed by atoms with Gasteiger partial charge in [-0.15, -0.1) is 0 Å². The first-order valence-electron chi connectivity index (χ1n) is 22.3. The third-order valence-electron chi connectivity index (χ3n) is 12.3. The van der Waals surface area contributed by atoms with Gasteiger partial charge in [0.25, 0.3) is 23.3 Å². The van der Waals surface area contributed by atoms with Crippen LogP contribution in [0, 0.1) is 0 Å². The van der Waals surface area contributed by atoms with Crippen molar-refractivity contribution in [2.45, 2.75) is 57.2 Å².